The van der Waals surface area contributed by atoms with Crippen molar-refractivity contribution in [2.45, 2.75) is 77.5 Å². The van der Waals surface area contributed by atoms with Gasteiger partial charge in [0.1, 0.15) is 17.5 Å². The molecule has 1 heterocycles. The second-order valence-corrected chi connectivity index (χ2v) is 8.53. The van der Waals surface area contributed by atoms with Crippen LogP contribution in [-0.4, -0.2) is 48.2 Å². The van der Waals surface area contributed by atoms with E-state index in [0.717, 1.165) is 51.7 Å². The minimum atomic E-state index is -0.450. The number of piperidine rings is 1. The van der Waals surface area contributed by atoms with Crippen LogP contribution < -0.4 is 5.32 Å². The zero-order valence-electron chi connectivity index (χ0n) is 17.3. The number of hydrogen-bond acceptors (Lipinski definition) is 4. The van der Waals surface area contributed by atoms with Crippen LogP contribution in [0.25, 0.3) is 0 Å². The Balaban J connectivity index is 1.76. The first-order valence-corrected chi connectivity index (χ1v) is 10.2. The predicted molar refractivity (Wildman–Crippen MR) is 107 cm³/mol. The van der Waals surface area contributed by atoms with Crippen molar-refractivity contribution in [2.24, 2.45) is 0 Å². The SMILES string of the molecule is CCC[C@H](NC1CCN(CCc2ccc(F)cc2)CC1)C(=O)OC(C)(C)C. The topological polar surface area (TPSA) is 41.6 Å². The number of carbonyl (C=O) groups excluding carboxylic acids is 1. The monoisotopic (exact) mass is 378 g/mol. The predicted octanol–water partition coefficient (Wildman–Crippen LogP) is 3.93. The Morgan fingerprint density at radius 3 is 2.44 bits per heavy atom. The Labute approximate surface area is 163 Å². The molecule has 2 rings (SSSR count). The van der Waals surface area contributed by atoms with E-state index in [1.54, 1.807) is 0 Å². The van der Waals surface area contributed by atoms with E-state index < -0.39 is 5.60 Å². The molecule has 1 aliphatic heterocycles. The molecule has 27 heavy (non-hydrogen) atoms. The molecular formula is C22H35FN2O2. The summed E-state index contributed by atoms with van der Waals surface area (Å²) in [6.07, 6.45) is 4.76. The van der Waals surface area contributed by atoms with E-state index in [0.29, 0.717) is 6.04 Å². The van der Waals surface area contributed by atoms with Crippen LogP contribution in [0.4, 0.5) is 4.39 Å². The molecule has 1 saturated heterocycles. The van der Waals surface area contributed by atoms with E-state index in [2.05, 4.69) is 17.1 Å². The molecule has 0 aliphatic carbocycles. The fourth-order valence-corrected chi connectivity index (χ4v) is 3.48. The highest BCUT2D eigenvalue weighted by molar-refractivity contribution is 5.76. The van der Waals surface area contributed by atoms with E-state index >= 15 is 0 Å². The number of rotatable bonds is 8. The van der Waals surface area contributed by atoms with Crippen molar-refractivity contribution < 1.29 is 13.9 Å². The average molecular weight is 379 g/mol. The van der Waals surface area contributed by atoms with Gasteiger partial charge < -0.3 is 15.0 Å². The third-order valence-electron chi connectivity index (χ3n) is 4.92. The number of nitrogens with one attached hydrogen (secondary N) is 1. The first-order chi connectivity index (χ1) is 12.8. The zero-order chi connectivity index (χ0) is 19.9. The van der Waals surface area contributed by atoms with Gasteiger partial charge in [0.05, 0.1) is 0 Å². The Hall–Kier alpha value is -1.46. The van der Waals surface area contributed by atoms with E-state index in [-0.39, 0.29) is 17.8 Å². The standard InChI is InChI=1S/C22H35FN2O2/c1-5-6-20(21(26)27-22(2,3)4)24-19-12-15-25(16-13-19)14-11-17-7-9-18(23)10-8-17/h7-10,19-20,24H,5-6,11-16H2,1-4H3/t20-/m0/s1. The zero-order valence-corrected chi connectivity index (χ0v) is 17.3. The normalized spacial score (nSPS) is 17.7. The van der Waals surface area contributed by atoms with Crippen LogP contribution in [0, 0.1) is 5.82 Å². The van der Waals surface area contributed by atoms with E-state index in [9.17, 15) is 9.18 Å². The highest BCUT2D eigenvalue weighted by Crippen LogP contribution is 2.16. The summed E-state index contributed by atoms with van der Waals surface area (Å²) in [6.45, 7) is 10.9. The molecule has 0 bridgehead atoms. The molecule has 0 aromatic heterocycles. The Morgan fingerprint density at radius 1 is 1.26 bits per heavy atom. The van der Waals surface area contributed by atoms with Gasteiger partial charge in [-0.25, -0.2) is 4.39 Å². The second-order valence-electron chi connectivity index (χ2n) is 8.53. The molecule has 0 spiro atoms. The molecule has 4 nitrogen and oxygen atoms in total. The van der Waals surface area contributed by atoms with Gasteiger partial charge in [-0.05, 0) is 77.2 Å². The maximum Gasteiger partial charge on any atom is 0.323 e. The number of likely N-dealkylation sites (tertiary alicyclic amines) is 1. The highest BCUT2D eigenvalue weighted by atomic mass is 19.1. The molecule has 1 aromatic carbocycles. The molecule has 152 valence electrons. The summed E-state index contributed by atoms with van der Waals surface area (Å²) in [5.74, 6) is -0.319. The van der Waals surface area contributed by atoms with Crippen LogP contribution in [-0.2, 0) is 16.0 Å². The van der Waals surface area contributed by atoms with Gasteiger partial charge in [0.25, 0.3) is 0 Å². The quantitative estimate of drug-likeness (QED) is 0.696. The second kappa shape index (κ2) is 10.2. The van der Waals surface area contributed by atoms with Gasteiger partial charge >= 0.3 is 5.97 Å². The lowest BCUT2D eigenvalue weighted by molar-refractivity contribution is -0.158. The summed E-state index contributed by atoms with van der Waals surface area (Å²) in [7, 11) is 0. The van der Waals surface area contributed by atoms with Crippen LogP contribution >= 0.6 is 0 Å². The molecule has 1 fully saturated rings. The van der Waals surface area contributed by atoms with Gasteiger partial charge in [-0.2, -0.15) is 0 Å². The van der Waals surface area contributed by atoms with Crippen LogP contribution in [0.1, 0.15) is 58.9 Å². The number of esters is 1. The number of carbonyl (C=O) groups is 1. The maximum absolute atomic E-state index is 13.0. The first kappa shape index (κ1) is 21.8. The van der Waals surface area contributed by atoms with Crippen molar-refractivity contribution in [2.75, 3.05) is 19.6 Å². The van der Waals surface area contributed by atoms with E-state index in [1.165, 1.54) is 17.7 Å². The van der Waals surface area contributed by atoms with Gasteiger partial charge in [0.2, 0.25) is 0 Å². The van der Waals surface area contributed by atoms with Crippen LogP contribution in [0.5, 0.6) is 0 Å². The molecule has 1 atom stereocenters. The number of hydrogen-bond donors (Lipinski definition) is 1. The molecule has 1 N–H and O–H groups in total. The van der Waals surface area contributed by atoms with Crippen molar-refractivity contribution in [1.82, 2.24) is 10.2 Å². The molecule has 1 aromatic rings. The minimum Gasteiger partial charge on any atom is -0.459 e. The summed E-state index contributed by atoms with van der Waals surface area (Å²) in [6, 6.07) is 6.91. The van der Waals surface area contributed by atoms with Crippen molar-refractivity contribution in [3.63, 3.8) is 0 Å². The van der Waals surface area contributed by atoms with E-state index in [1.807, 2.05) is 32.9 Å². The Morgan fingerprint density at radius 2 is 1.89 bits per heavy atom. The van der Waals surface area contributed by atoms with Gasteiger partial charge in [-0.1, -0.05) is 25.5 Å². The lowest BCUT2D eigenvalue weighted by Crippen LogP contribution is -2.50. The van der Waals surface area contributed by atoms with Crippen molar-refractivity contribution >= 4 is 5.97 Å². The molecule has 0 saturated carbocycles. The largest absolute Gasteiger partial charge is 0.459 e. The lowest BCUT2D eigenvalue weighted by atomic mass is 10.0. The van der Waals surface area contributed by atoms with Crippen molar-refractivity contribution in [3.8, 4) is 0 Å². The lowest BCUT2D eigenvalue weighted by Gasteiger charge is -2.34. The number of ether oxygens (including phenoxy) is 1. The van der Waals surface area contributed by atoms with Gasteiger partial charge in [0, 0.05) is 12.6 Å². The smallest absolute Gasteiger partial charge is 0.323 e. The molecular weight excluding hydrogens is 343 g/mol. The molecule has 0 amide bonds. The summed E-state index contributed by atoms with van der Waals surface area (Å²) >= 11 is 0. The highest BCUT2D eigenvalue weighted by Gasteiger charge is 2.28. The fraction of sp³-hybridized carbons (Fsp3) is 0.682. The number of nitrogens with zero attached hydrogens (tertiary/aromatic N) is 1. The van der Waals surface area contributed by atoms with Gasteiger partial charge in [-0.3, -0.25) is 4.79 Å². The van der Waals surface area contributed by atoms with E-state index in [4.69, 9.17) is 4.74 Å². The minimum absolute atomic E-state index is 0.136. The molecule has 0 unspecified atom stereocenters. The summed E-state index contributed by atoms with van der Waals surface area (Å²) in [4.78, 5) is 14.9. The first-order valence-electron chi connectivity index (χ1n) is 10.2. The Kier molecular flexibility index (Phi) is 8.24. The van der Waals surface area contributed by atoms with Gasteiger partial charge in [-0.15, -0.1) is 0 Å². The molecule has 5 heteroatoms. The summed E-state index contributed by atoms with van der Waals surface area (Å²) in [5, 5.41) is 3.54. The average Bonchev–Trinajstić information content (AvgIpc) is 2.60. The van der Waals surface area contributed by atoms with Crippen LogP contribution in [0.3, 0.4) is 0 Å². The van der Waals surface area contributed by atoms with Crippen molar-refractivity contribution in [1.29, 1.82) is 0 Å². The maximum atomic E-state index is 13.0. The molecule has 0 radical (unpaired) electrons. The summed E-state index contributed by atoms with van der Waals surface area (Å²) < 4.78 is 18.6. The Bertz CT molecular complexity index is 575. The van der Waals surface area contributed by atoms with Crippen LogP contribution in [0.2, 0.25) is 0 Å². The summed E-state index contributed by atoms with van der Waals surface area (Å²) in [5.41, 5.74) is 0.721. The van der Waals surface area contributed by atoms with Gasteiger partial charge in [0.15, 0.2) is 0 Å². The number of halogens is 1. The fourth-order valence-electron chi connectivity index (χ4n) is 3.48. The number of benzene rings is 1. The third kappa shape index (κ3) is 7.97. The third-order valence-corrected chi connectivity index (χ3v) is 4.92. The molecule has 1 aliphatic rings. The van der Waals surface area contributed by atoms with Crippen LogP contribution in [0.15, 0.2) is 24.3 Å². The van der Waals surface area contributed by atoms with Crippen molar-refractivity contribution in [3.05, 3.63) is 35.6 Å².